The zero-order valence-electron chi connectivity index (χ0n) is 31.6. The summed E-state index contributed by atoms with van der Waals surface area (Å²) in [5, 5.41) is 0. The standard InChI is InChI=1S/C21H33NO6S.C16H36N.ClH/c1-15-11-18(26-6)12-16(2)20(15)29(24,25)22-10-8-7-9-17(22)13-27-14-19(23)28-21(3,4)5;1-5-9-13-17(14-10-6-2,15-11-7-3)16-12-8-4;/h11-12,17H,7-10,13-14H2,1-6H3;5-16H2,1-4H3;1H/q;+1;/p-1. The molecule has 0 bridgehead atoms. The summed E-state index contributed by atoms with van der Waals surface area (Å²) >= 11 is 0. The molecule has 1 aromatic carbocycles. The minimum absolute atomic E-state index is 0. The van der Waals surface area contributed by atoms with Crippen LogP contribution in [0.5, 0.6) is 5.75 Å². The highest BCUT2D eigenvalue weighted by Crippen LogP contribution is 2.32. The molecule has 0 amide bonds. The summed E-state index contributed by atoms with van der Waals surface area (Å²) in [7, 11) is -2.13. The Morgan fingerprint density at radius 3 is 1.74 bits per heavy atom. The molecule has 10 heteroatoms. The number of quaternary nitrogens is 1. The highest BCUT2D eigenvalue weighted by atomic mass is 35.5. The van der Waals surface area contributed by atoms with E-state index in [9.17, 15) is 13.2 Å². The third-order valence-corrected chi connectivity index (χ3v) is 11.0. The van der Waals surface area contributed by atoms with Gasteiger partial charge in [-0.2, -0.15) is 4.31 Å². The maximum atomic E-state index is 13.5. The minimum atomic E-state index is -3.70. The Balaban J connectivity index is 0.00000101. The molecule has 2 rings (SSSR count). The largest absolute Gasteiger partial charge is 1.00 e. The van der Waals surface area contributed by atoms with E-state index in [2.05, 4.69) is 27.7 Å². The normalized spacial score (nSPS) is 15.7. The van der Waals surface area contributed by atoms with Gasteiger partial charge in [0.25, 0.3) is 0 Å². The molecule has 0 N–H and O–H groups in total. The maximum Gasteiger partial charge on any atom is 0.332 e. The maximum absolute atomic E-state index is 13.5. The molecule has 1 atom stereocenters. The molecule has 1 aliphatic rings. The highest BCUT2D eigenvalue weighted by Gasteiger charge is 2.36. The first-order chi connectivity index (χ1) is 21.7. The molecule has 1 unspecified atom stereocenters. The summed E-state index contributed by atoms with van der Waals surface area (Å²) in [6.45, 7) is 24.4. The molecule has 0 saturated carbocycles. The van der Waals surface area contributed by atoms with E-state index >= 15 is 0 Å². The predicted octanol–water partition coefficient (Wildman–Crippen LogP) is 5.22. The fourth-order valence-electron chi connectivity index (χ4n) is 6.30. The Kier molecular flexibility index (Phi) is 22.4. The van der Waals surface area contributed by atoms with Crippen molar-refractivity contribution >= 4 is 16.0 Å². The molecule has 1 aliphatic heterocycles. The average Bonchev–Trinajstić information content (AvgIpc) is 2.99. The van der Waals surface area contributed by atoms with E-state index in [0.29, 0.717) is 34.7 Å². The molecular weight excluding hydrogens is 636 g/mol. The van der Waals surface area contributed by atoms with Crippen molar-refractivity contribution in [3.8, 4) is 5.75 Å². The Morgan fingerprint density at radius 1 is 0.872 bits per heavy atom. The van der Waals surface area contributed by atoms with Gasteiger partial charge in [-0.05, 0) is 96.4 Å². The van der Waals surface area contributed by atoms with Crippen molar-refractivity contribution < 1.29 is 44.3 Å². The number of hydrogen-bond donors (Lipinski definition) is 0. The fourth-order valence-corrected chi connectivity index (χ4v) is 8.40. The number of carbonyl (C=O) groups excluding carboxylic acids is 1. The van der Waals surface area contributed by atoms with E-state index in [1.807, 2.05) is 0 Å². The lowest BCUT2D eigenvalue weighted by molar-refractivity contribution is -0.929. The van der Waals surface area contributed by atoms with Gasteiger partial charge < -0.3 is 31.1 Å². The summed E-state index contributed by atoms with van der Waals surface area (Å²) in [6.07, 6.45) is 13.5. The van der Waals surface area contributed by atoms with Crippen molar-refractivity contribution in [2.75, 3.05) is 53.0 Å². The van der Waals surface area contributed by atoms with Crippen LogP contribution in [0.2, 0.25) is 0 Å². The molecule has 1 fully saturated rings. The zero-order chi connectivity index (χ0) is 34.8. The van der Waals surface area contributed by atoms with Gasteiger partial charge in [0, 0.05) is 12.6 Å². The number of aryl methyl sites for hydroxylation is 2. The molecule has 276 valence electrons. The molecular formula is C37H69ClN2O6S. The number of methoxy groups -OCH3 is 1. The zero-order valence-corrected chi connectivity index (χ0v) is 33.2. The SMILES string of the molecule is CCCC[N+](CCCC)(CCCC)CCCC.COc1cc(C)c(S(=O)(=O)N2CCCCC2COCC(=O)OC(C)(C)C)c(C)c1.[Cl-]. The van der Waals surface area contributed by atoms with E-state index in [0.717, 1.165) is 12.8 Å². The third-order valence-electron chi connectivity index (χ3n) is 8.70. The molecule has 47 heavy (non-hydrogen) atoms. The predicted molar refractivity (Wildman–Crippen MR) is 190 cm³/mol. The van der Waals surface area contributed by atoms with Gasteiger partial charge in [-0.1, -0.05) is 59.8 Å². The van der Waals surface area contributed by atoms with Crippen molar-refractivity contribution in [2.24, 2.45) is 0 Å². The first kappa shape index (κ1) is 45.6. The molecule has 1 aromatic rings. The summed E-state index contributed by atoms with van der Waals surface area (Å²) < 4.78 is 45.9. The summed E-state index contributed by atoms with van der Waals surface area (Å²) in [5.74, 6) is 0.180. The number of halogens is 1. The number of ether oxygens (including phenoxy) is 3. The lowest BCUT2D eigenvalue weighted by atomic mass is 10.1. The van der Waals surface area contributed by atoms with Crippen LogP contribution in [-0.4, -0.2) is 87.9 Å². The van der Waals surface area contributed by atoms with E-state index in [1.54, 1.807) is 53.9 Å². The van der Waals surface area contributed by atoms with Crippen molar-refractivity contribution in [3.63, 3.8) is 0 Å². The second-order valence-corrected chi connectivity index (χ2v) is 15.9. The number of hydrogen-bond acceptors (Lipinski definition) is 6. The number of piperidine rings is 1. The van der Waals surface area contributed by atoms with Crippen molar-refractivity contribution in [1.29, 1.82) is 0 Å². The summed E-state index contributed by atoms with van der Waals surface area (Å²) in [5.41, 5.74) is 0.728. The number of unbranched alkanes of at least 4 members (excludes halogenated alkanes) is 4. The fraction of sp³-hybridized carbons (Fsp3) is 0.811. The minimum Gasteiger partial charge on any atom is -1.00 e. The highest BCUT2D eigenvalue weighted by molar-refractivity contribution is 7.89. The first-order valence-corrected chi connectivity index (χ1v) is 19.5. The number of benzene rings is 1. The monoisotopic (exact) mass is 704 g/mol. The molecule has 0 radical (unpaired) electrons. The van der Waals surface area contributed by atoms with E-state index < -0.39 is 21.6 Å². The van der Waals surface area contributed by atoms with E-state index in [-0.39, 0.29) is 31.7 Å². The molecule has 1 saturated heterocycles. The Labute approximate surface area is 295 Å². The smallest absolute Gasteiger partial charge is 0.332 e. The van der Waals surface area contributed by atoms with Crippen LogP contribution in [0.4, 0.5) is 0 Å². The topological polar surface area (TPSA) is 82.1 Å². The molecule has 1 heterocycles. The molecule has 0 aliphatic carbocycles. The number of sulfonamides is 1. The van der Waals surface area contributed by atoms with E-state index in [4.69, 9.17) is 14.2 Å². The molecule has 8 nitrogen and oxygen atoms in total. The Bertz CT molecular complexity index is 1060. The lowest BCUT2D eigenvalue weighted by Crippen LogP contribution is -3.00. The van der Waals surface area contributed by atoms with Crippen molar-refractivity contribution in [2.45, 2.75) is 149 Å². The Morgan fingerprint density at radius 2 is 1.34 bits per heavy atom. The second-order valence-electron chi connectivity index (χ2n) is 14.1. The lowest BCUT2D eigenvalue weighted by Gasteiger charge is -2.39. The molecule has 0 aromatic heterocycles. The van der Waals surface area contributed by atoms with Gasteiger partial charge in [0.1, 0.15) is 18.0 Å². The first-order valence-electron chi connectivity index (χ1n) is 18.0. The van der Waals surface area contributed by atoms with Gasteiger partial charge in [0.2, 0.25) is 10.0 Å². The van der Waals surface area contributed by atoms with Crippen LogP contribution in [0.15, 0.2) is 17.0 Å². The average molecular weight is 705 g/mol. The summed E-state index contributed by atoms with van der Waals surface area (Å²) in [4.78, 5) is 12.2. The number of carbonyl (C=O) groups is 1. The second kappa shape index (κ2) is 23.1. The van der Waals surface area contributed by atoms with Gasteiger partial charge in [-0.25, -0.2) is 13.2 Å². The number of esters is 1. The van der Waals surface area contributed by atoms with Crippen LogP contribution >= 0.6 is 0 Å². The number of rotatable bonds is 19. The van der Waals surface area contributed by atoms with Gasteiger partial charge in [-0.15, -0.1) is 0 Å². The number of nitrogens with zero attached hydrogens (tertiary/aromatic N) is 2. The quantitative estimate of drug-likeness (QED) is 0.145. The third kappa shape index (κ3) is 16.2. The van der Waals surface area contributed by atoms with Gasteiger partial charge in [-0.3, -0.25) is 0 Å². The van der Waals surface area contributed by atoms with E-state index in [1.165, 1.54) is 86.3 Å². The van der Waals surface area contributed by atoms with Crippen molar-refractivity contribution in [1.82, 2.24) is 4.31 Å². The molecule has 0 spiro atoms. The Hall–Kier alpha value is -1.39. The van der Waals surface area contributed by atoms with Crippen LogP contribution in [-0.2, 0) is 24.3 Å². The van der Waals surface area contributed by atoms with Gasteiger partial charge in [0.15, 0.2) is 0 Å². The van der Waals surface area contributed by atoms with Crippen LogP contribution in [0, 0.1) is 13.8 Å². The van der Waals surface area contributed by atoms with Crippen LogP contribution in [0.1, 0.15) is 130 Å². The van der Waals surface area contributed by atoms with Crippen LogP contribution in [0.3, 0.4) is 0 Å². The van der Waals surface area contributed by atoms with Gasteiger partial charge >= 0.3 is 5.97 Å². The van der Waals surface area contributed by atoms with Gasteiger partial charge in [0.05, 0.1) is 44.8 Å². The van der Waals surface area contributed by atoms with Crippen molar-refractivity contribution in [3.05, 3.63) is 23.3 Å². The van der Waals surface area contributed by atoms with Crippen LogP contribution < -0.4 is 17.1 Å². The van der Waals surface area contributed by atoms with Crippen LogP contribution in [0.25, 0.3) is 0 Å². The summed E-state index contributed by atoms with van der Waals surface area (Å²) in [6, 6.07) is 3.16.